The van der Waals surface area contributed by atoms with E-state index in [0.717, 1.165) is 32.1 Å². The van der Waals surface area contributed by atoms with Crippen LogP contribution in [0.1, 0.15) is 45.4 Å². The van der Waals surface area contributed by atoms with Gasteiger partial charge in [-0.25, -0.2) is 0 Å². The number of esters is 1. The molecule has 0 fully saturated rings. The van der Waals surface area contributed by atoms with E-state index in [9.17, 15) is 4.79 Å². The van der Waals surface area contributed by atoms with E-state index in [1.807, 2.05) is 6.92 Å². The maximum Gasteiger partial charge on any atom is 0.305 e. The van der Waals surface area contributed by atoms with E-state index >= 15 is 0 Å². The van der Waals surface area contributed by atoms with E-state index in [-0.39, 0.29) is 5.97 Å². The lowest BCUT2D eigenvalue weighted by Gasteiger charge is -2.01. The molecule has 0 atom stereocenters. The molecule has 0 aliphatic carbocycles. The molecule has 0 aromatic rings. The van der Waals surface area contributed by atoms with Crippen molar-refractivity contribution >= 4 is 5.97 Å². The Morgan fingerprint density at radius 2 is 2.15 bits per heavy atom. The number of unbranched alkanes of at least 4 members (excludes halogenated alkanes) is 3. The van der Waals surface area contributed by atoms with Crippen molar-refractivity contribution in [1.82, 2.24) is 0 Å². The lowest BCUT2D eigenvalue weighted by molar-refractivity contribution is -0.143. The molecular weight excluding hydrogens is 164 g/mol. The van der Waals surface area contributed by atoms with Gasteiger partial charge in [-0.2, -0.15) is 0 Å². The highest BCUT2D eigenvalue weighted by molar-refractivity contribution is 5.69. The fraction of sp³-hybridized carbons (Fsp3) is 0.727. The Bertz CT molecular complexity index is 167. The summed E-state index contributed by atoms with van der Waals surface area (Å²) in [4.78, 5) is 11.0. The molecule has 0 unspecified atom stereocenters. The summed E-state index contributed by atoms with van der Waals surface area (Å²) in [6, 6.07) is 0. The van der Waals surface area contributed by atoms with E-state index in [1.165, 1.54) is 0 Å². The highest BCUT2D eigenvalue weighted by Crippen LogP contribution is 2.03. The lowest BCUT2D eigenvalue weighted by Crippen LogP contribution is -2.04. The van der Waals surface area contributed by atoms with Crippen LogP contribution in [0, 0.1) is 12.3 Å². The zero-order valence-corrected chi connectivity index (χ0v) is 8.34. The van der Waals surface area contributed by atoms with E-state index in [4.69, 9.17) is 11.2 Å². The number of rotatable bonds is 7. The molecule has 0 rings (SSSR count). The van der Waals surface area contributed by atoms with Gasteiger partial charge in [0.05, 0.1) is 6.61 Å². The fourth-order valence-corrected chi connectivity index (χ4v) is 0.961. The Morgan fingerprint density at radius 3 is 2.77 bits per heavy atom. The second kappa shape index (κ2) is 9.12. The van der Waals surface area contributed by atoms with Crippen LogP contribution in [0.4, 0.5) is 0 Å². The van der Waals surface area contributed by atoms with Crippen LogP contribution in [0.15, 0.2) is 0 Å². The second-order valence-electron chi connectivity index (χ2n) is 2.99. The van der Waals surface area contributed by atoms with Crippen LogP contribution in [0.25, 0.3) is 0 Å². The van der Waals surface area contributed by atoms with Gasteiger partial charge in [-0.05, 0) is 19.3 Å². The molecular formula is C11H18O2. The molecule has 2 nitrogen and oxygen atoms in total. The molecule has 0 spiro atoms. The smallest absolute Gasteiger partial charge is 0.305 e. The van der Waals surface area contributed by atoms with Crippen LogP contribution in [0.2, 0.25) is 0 Å². The average molecular weight is 182 g/mol. The van der Waals surface area contributed by atoms with Gasteiger partial charge in [0.2, 0.25) is 0 Å². The van der Waals surface area contributed by atoms with Gasteiger partial charge in [-0.3, -0.25) is 4.79 Å². The van der Waals surface area contributed by atoms with Crippen LogP contribution < -0.4 is 0 Å². The van der Waals surface area contributed by atoms with Gasteiger partial charge in [-0.15, -0.1) is 12.3 Å². The molecule has 0 aromatic heterocycles. The van der Waals surface area contributed by atoms with Crippen molar-refractivity contribution in [2.75, 3.05) is 6.61 Å². The summed E-state index contributed by atoms with van der Waals surface area (Å²) >= 11 is 0. The van der Waals surface area contributed by atoms with Gasteiger partial charge >= 0.3 is 5.97 Å². The molecule has 0 bridgehead atoms. The number of hydrogen-bond acceptors (Lipinski definition) is 2. The summed E-state index contributed by atoms with van der Waals surface area (Å²) in [5.74, 6) is 2.49. The summed E-state index contributed by atoms with van der Waals surface area (Å²) in [5, 5.41) is 0. The van der Waals surface area contributed by atoms with Crippen LogP contribution in [-0.4, -0.2) is 12.6 Å². The normalized spacial score (nSPS) is 9.23. The molecule has 2 heteroatoms. The van der Waals surface area contributed by atoms with E-state index in [2.05, 4.69) is 5.92 Å². The Hall–Kier alpha value is -0.970. The van der Waals surface area contributed by atoms with Crippen molar-refractivity contribution in [3.05, 3.63) is 0 Å². The Kier molecular flexibility index (Phi) is 8.44. The summed E-state index contributed by atoms with van der Waals surface area (Å²) in [5.41, 5.74) is 0. The summed E-state index contributed by atoms with van der Waals surface area (Å²) in [7, 11) is 0. The third-order valence-corrected chi connectivity index (χ3v) is 1.67. The Balaban J connectivity index is 3.13. The van der Waals surface area contributed by atoms with Crippen LogP contribution in [0.3, 0.4) is 0 Å². The average Bonchev–Trinajstić information content (AvgIpc) is 2.14. The molecule has 0 saturated carbocycles. The number of ether oxygens (including phenoxy) is 1. The third kappa shape index (κ3) is 8.94. The maximum absolute atomic E-state index is 11.0. The summed E-state index contributed by atoms with van der Waals surface area (Å²) in [6.07, 6.45) is 10.3. The number of hydrogen-bond donors (Lipinski definition) is 0. The first kappa shape index (κ1) is 12.0. The Morgan fingerprint density at radius 1 is 1.38 bits per heavy atom. The molecule has 0 radical (unpaired) electrons. The maximum atomic E-state index is 11.0. The fourth-order valence-electron chi connectivity index (χ4n) is 0.961. The minimum atomic E-state index is -0.0810. The monoisotopic (exact) mass is 182 g/mol. The number of terminal acetylenes is 1. The Labute approximate surface area is 80.7 Å². The standard InChI is InChI=1S/C11H18O2/c1-3-5-6-7-8-9-11(12)13-10-4-2/h1H,4-10H2,2H3. The van der Waals surface area contributed by atoms with Crippen molar-refractivity contribution < 1.29 is 9.53 Å². The van der Waals surface area contributed by atoms with Crippen molar-refractivity contribution in [1.29, 1.82) is 0 Å². The van der Waals surface area contributed by atoms with Crippen molar-refractivity contribution in [3.63, 3.8) is 0 Å². The molecule has 0 saturated heterocycles. The second-order valence-corrected chi connectivity index (χ2v) is 2.99. The van der Waals surface area contributed by atoms with Gasteiger partial charge < -0.3 is 4.74 Å². The van der Waals surface area contributed by atoms with Crippen LogP contribution >= 0.6 is 0 Å². The molecule has 0 heterocycles. The van der Waals surface area contributed by atoms with Gasteiger partial charge in [-0.1, -0.05) is 13.3 Å². The topological polar surface area (TPSA) is 26.3 Å². The number of carbonyl (C=O) groups excluding carboxylic acids is 1. The molecule has 74 valence electrons. The molecule has 0 aliphatic heterocycles. The number of carbonyl (C=O) groups is 1. The highest BCUT2D eigenvalue weighted by Gasteiger charge is 2.00. The molecule has 0 amide bonds. The first-order valence-corrected chi connectivity index (χ1v) is 4.90. The molecule has 0 aromatic carbocycles. The van der Waals surface area contributed by atoms with Crippen molar-refractivity contribution in [2.24, 2.45) is 0 Å². The van der Waals surface area contributed by atoms with Crippen molar-refractivity contribution in [2.45, 2.75) is 45.4 Å². The van der Waals surface area contributed by atoms with Gasteiger partial charge in [0.25, 0.3) is 0 Å². The predicted octanol–water partition coefficient (Wildman–Crippen LogP) is 2.52. The van der Waals surface area contributed by atoms with Crippen molar-refractivity contribution in [3.8, 4) is 12.3 Å². The predicted molar refractivity (Wildman–Crippen MR) is 53.2 cm³/mol. The quantitative estimate of drug-likeness (QED) is 0.343. The minimum absolute atomic E-state index is 0.0810. The largest absolute Gasteiger partial charge is 0.466 e. The van der Waals surface area contributed by atoms with Crippen LogP contribution in [-0.2, 0) is 9.53 Å². The van der Waals surface area contributed by atoms with E-state index < -0.39 is 0 Å². The first-order valence-electron chi connectivity index (χ1n) is 4.90. The van der Waals surface area contributed by atoms with Gasteiger partial charge in [0.15, 0.2) is 0 Å². The zero-order valence-electron chi connectivity index (χ0n) is 8.34. The first-order chi connectivity index (χ1) is 6.31. The van der Waals surface area contributed by atoms with E-state index in [0.29, 0.717) is 13.0 Å². The van der Waals surface area contributed by atoms with Gasteiger partial charge in [0, 0.05) is 12.8 Å². The molecule has 13 heavy (non-hydrogen) atoms. The lowest BCUT2D eigenvalue weighted by atomic mass is 10.1. The van der Waals surface area contributed by atoms with E-state index in [1.54, 1.807) is 0 Å². The molecule has 0 N–H and O–H groups in total. The highest BCUT2D eigenvalue weighted by atomic mass is 16.5. The summed E-state index contributed by atoms with van der Waals surface area (Å²) in [6.45, 7) is 2.53. The minimum Gasteiger partial charge on any atom is -0.466 e. The van der Waals surface area contributed by atoms with Gasteiger partial charge in [0.1, 0.15) is 0 Å². The molecule has 0 aliphatic rings. The van der Waals surface area contributed by atoms with Crippen LogP contribution in [0.5, 0.6) is 0 Å². The summed E-state index contributed by atoms with van der Waals surface area (Å²) < 4.78 is 4.92. The zero-order chi connectivity index (χ0) is 9.94. The third-order valence-electron chi connectivity index (χ3n) is 1.67. The SMILES string of the molecule is C#CCCCCCC(=O)OCCC.